The van der Waals surface area contributed by atoms with Crippen molar-refractivity contribution in [1.82, 2.24) is 26.2 Å². The molecule has 11 N–H and O–H groups in total. The van der Waals surface area contributed by atoms with Crippen molar-refractivity contribution in [3.8, 4) is 0 Å². The molecule has 1 aliphatic rings. The fourth-order valence-electron chi connectivity index (χ4n) is 4.22. The zero-order valence-corrected chi connectivity index (χ0v) is 27.6. The van der Waals surface area contributed by atoms with Crippen LogP contribution in [-0.4, -0.2) is 112 Å². The number of rotatable bonds is 11. The van der Waals surface area contributed by atoms with E-state index in [0.29, 0.717) is 6.42 Å². The molecule has 0 unspecified atom stereocenters. The van der Waals surface area contributed by atoms with E-state index in [0.717, 1.165) is 28.0 Å². The van der Waals surface area contributed by atoms with E-state index in [4.69, 9.17) is 17.2 Å². The Balaban J connectivity index is 3.51. The van der Waals surface area contributed by atoms with E-state index < -0.39 is 77.4 Å². The highest BCUT2D eigenvalue weighted by Gasteiger charge is 2.39. The molecule has 1 saturated heterocycles. The van der Waals surface area contributed by atoms with E-state index in [-0.39, 0.29) is 43.4 Å². The number of unbranched alkanes of at least 4 members (excludes halogenated alkanes) is 1. The molecule has 0 radical (unpaired) electrons. The van der Waals surface area contributed by atoms with Gasteiger partial charge in [-0.1, -0.05) is 34.9 Å². The Morgan fingerprint density at radius 2 is 1.76 bits per heavy atom. The van der Waals surface area contributed by atoms with Gasteiger partial charge in [-0.15, -0.1) is 0 Å². The van der Waals surface area contributed by atoms with Gasteiger partial charge in [0.25, 0.3) is 0 Å². The molecule has 0 aromatic carbocycles. The number of carbonyl (C=O) groups excluding carboxylic acids is 6. The minimum Gasteiger partial charge on any atom is -0.481 e. The van der Waals surface area contributed by atoms with Gasteiger partial charge in [0.05, 0.1) is 13.0 Å². The largest absolute Gasteiger partial charge is 0.481 e. The Morgan fingerprint density at radius 3 is 2.33 bits per heavy atom. The standard InChI is InChI=1S/C26H45N9O8S2/c1-5-6-9-17(36)33-15-13-44-45-26(2,3)20(21(27)40)34-22(41)14(11-19(38)39)32-18(37)12-31-23(42)16(35(4)24(15)43)8-7-10-30-25(28)29/h14-16,20H,5-13H2,1-4H3,(H2,27,40)(H,31,42)(H,32,37)(H,33,36)(H,34,41)(H,38,39)(H4,28,29,30)/t14-,15-,16-,20+/m0/s1. The van der Waals surface area contributed by atoms with Crippen molar-refractivity contribution in [3.05, 3.63) is 0 Å². The maximum Gasteiger partial charge on any atom is 0.305 e. The van der Waals surface area contributed by atoms with Gasteiger partial charge in [0, 0.05) is 30.5 Å². The summed E-state index contributed by atoms with van der Waals surface area (Å²) in [4.78, 5) is 94.5. The van der Waals surface area contributed by atoms with Gasteiger partial charge in [0.1, 0.15) is 24.2 Å². The number of carboxylic acid groups (broad SMARTS) is 1. The van der Waals surface area contributed by atoms with E-state index >= 15 is 0 Å². The Hall–Kier alpha value is -3.74. The highest BCUT2D eigenvalue weighted by Crippen LogP contribution is 2.38. The van der Waals surface area contributed by atoms with Crippen molar-refractivity contribution < 1.29 is 38.7 Å². The molecule has 45 heavy (non-hydrogen) atoms. The average Bonchev–Trinajstić information content (AvgIpc) is 2.94. The smallest absolute Gasteiger partial charge is 0.305 e. The van der Waals surface area contributed by atoms with Crippen LogP contribution in [0.15, 0.2) is 4.99 Å². The molecule has 1 aliphatic heterocycles. The molecule has 0 bridgehead atoms. The molecule has 6 amide bonds. The Kier molecular flexibility index (Phi) is 16.5. The van der Waals surface area contributed by atoms with Crippen LogP contribution in [0.3, 0.4) is 0 Å². The first-order chi connectivity index (χ1) is 21.0. The quantitative estimate of drug-likeness (QED) is 0.0500. The van der Waals surface area contributed by atoms with E-state index in [1.807, 2.05) is 6.92 Å². The van der Waals surface area contributed by atoms with Crippen LogP contribution in [0.5, 0.6) is 0 Å². The lowest BCUT2D eigenvalue weighted by atomic mass is 10.0. The first-order valence-electron chi connectivity index (χ1n) is 14.3. The first-order valence-corrected chi connectivity index (χ1v) is 16.6. The Morgan fingerprint density at radius 1 is 1.09 bits per heavy atom. The number of likely N-dealkylation sites (N-methyl/N-ethyl adjacent to an activating group) is 1. The Labute approximate surface area is 269 Å². The second kappa shape index (κ2) is 18.9. The molecule has 4 atom stereocenters. The average molecular weight is 676 g/mol. The number of carbonyl (C=O) groups is 7. The lowest BCUT2D eigenvalue weighted by Gasteiger charge is -2.33. The minimum absolute atomic E-state index is 0.0125. The number of aliphatic imine (C=N–C) groups is 1. The van der Waals surface area contributed by atoms with Crippen LogP contribution in [-0.2, 0) is 33.6 Å². The van der Waals surface area contributed by atoms with Crippen molar-refractivity contribution in [2.45, 2.75) is 88.2 Å². The first kappa shape index (κ1) is 39.3. The van der Waals surface area contributed by atoms with Crippen LogP contribution in [0.2, 0.25) is 0 Å². The lowest BCUT2D eigenvalue weighted by Crippen LogP contribution is -2.59. The molecule has 0 aromatic heterocycles. The summed E-state index contributed by atoms with van der Waals surface area (Å²) in [7, 11) is 3.62. The summed E-state index contributed by atoms with van der Waals surface area (Å²) in [6.45, 7) is 4.62. The normalized spacial score (nSPS) is 23.5. The third-order valence-corrected chi connectivity index (χ3v) is 9.97. The second-order valence-corrected chi connectivity index (χ2v) is 13.9. The van der Waals surface area contributed by atoms with Crippen LogP contribution < -0.4 is 38.5 Å². The molecule has 0 saturated carbocycles. The predicted molar refractivity (Wildman–Crippen MR) is 170 cm³/mol. The van der Waals surface area contributed by atoms with Crippen LogP contribution in [0.1, 0.15) is 59.3 Å². The monoisotopic (exact) mass is 675 g/mol. The molecule has 1 fully saturated rings. The number of nitrogens with one attached hydrogen (secondary N) is 4. The molecule has 0 spiro atoms. The van der Waals surface area contributed by atoms with Gasteiger partial charge in [-0.2, -0.15) is 0 Å². The van der Waals surface area contributed by atoms with Crippen LogP contribution in [0, 0.1) is 0 Å². The number of nitrogens with two attached hydrogens (primary N) is 3. The SMILES string of the molecule is CCCCC(=O)N[C@H]1CSSC(C)(C)[C@@H](C(N)=O)NC(=O)[C@H](CC(=O)O)NC(=O)CNC(=O)[C@H](CCCN=C(N)N)N(C)C1=O. The van der Waals surface area contributed by atoms with Crippen molar-refractivity contribution in [1.29, 1.82) is 0 Å². The van der Waals surface area contributed by atoms with E-state index in [1.165, 1.54) is 11.9 Å². The molecule has 1 rings (SSSR count). The topological polar surface area (TPSA) is 282 Å². The van der Waals surface area contributed by atoms with Gasteiger partial charge in [-0.3, -0.25) is 38.6 Å². The maximum atomic E-state index is 13.8. The van der Waals surface area contributed by atoms with Gasteiger partial charge >= 0.3 is 5.97 Å². The molecule has 17 nitrogen and oxygen atoms in total. The van der Waals surface area contributed by atoms with Gasteiger partial charge in [-0.25, -0.2) is 0 Å². The molecular formula is C26H45N9O8S2. The zero-order valence-electron chi connectivity index (χ0n) is 25.9. The van der Waals surface area contributed by atoms with E-state index in [2.05, 4.69) is 26.3 Å². The molecule has 0 aromatic rings. The van der Waals surface area contributed by atoms with Gasteiger partial charge < -0.3 is 48.5 Å². The van der Waals surface area contributed by atoms with Crippen molar-refractivity contribution >= 4 is 69.0 Å². The number of guanidine groups is 1. The number of aliphatic carboxylic acids is 1. The fraction of sp³-hybridized carbons (Fsp3) is 0.692. The van der Waals surface area contributed by atoms with Gasteiger partial charge in [0.15, 0.2) is 5.96 Å². The molecule has 254 valence electrons. The highest BCUT2D eigenvalue weighted by atomic mass is 33.1. The van der Waals surface area contributed by atoms with Crippen molar-refractivity contribution in [2.24, 2.45) is 22.2 Å². The summed E-state index contributed by atoms with van der Waals surface area (Å²) in [6, 6.07) is -5.12. The maximum absolute atomic E-state index is 13.8. The van der Waals surface area contributed by atoms with Crippen LogP contribution in [0.25, 0.3) is 0 Å². The van der Waals surface area contributed by atoms with Crippen LogP contribution >= 0.6 is 21.6 Å². The van der Waals surface area contributed by atoms with Gasteiger partial charge in [0.2, 0.25) is 35.4 Å². The summed E-state index contributed by atoms with van der Waals surface area (Å²) in [5.41, 5.74) is 16.4. The van der Waals surface area contributed by atoms with Crippen molar-refractivity contribution in [3.63, 3.8) is 0 Å². The third kappa shape index (κ3) is 13.8. The highest BCUT2D eigenvalue weighted by molar-refractivity contribution is 8.77. The molecule has 1 heterocycles. The summed E-state index contributed by atoms with van der Waals surface area (Å²) >= 11 is 0. The molecular weight excluding hydrogens is 630 g/mol. The number of primary amides is 1. The zero-order chi connectivity index (χ0) is 34.3. The summed E-state index contributed by atoms with van der Waals surface area (Å²) in [5.74, 6) is -6.00. The summed E-state index contributed by atoms with van der Waals surface area (Å²) < 4.78 is -1.10. The van der Waals surface area contributed by atoms with E-state index in [9.17, 15) is 38.7 Å². The summed E-state index contributed by atoms with van der Waals surface area (Å²) in [5, 5.41) is 19.2. The number of hydrogen-bond acceptors (Lipinski definition) is 10. The van der Waals surface area contributed by atoms with Gasteiger partial charge in [-0.05, 0) is 33.1 Å². The number of hydrogen-bond donors (Lipinski definition) is 8. The number of carboxylic acids is 1. The molecule has 19 heteroatoms. The van der Waals surface area contributed by atoms with Crippen molar-refractivity contribution in [2.75, 3.05) is 25.9 Å². The number of nitrogens with zero attached hydrogens (tertiary/aromatic N) is 2. The van der Waals surface area contributed by atoms with Crippen LogP contribution in [0.4, 0.5) is 0 Å². The predicted octanol–water partition coefficient (Wildman–Crippen LogP) is -2.24. The molecule has 0 aliphatic carbocycles. The third-order valence-electron chi connectivity index (χ3n) is 6.67. The van der Waals surface area contributed by atoms with E-state index in [1.54, 1.807) is 13.8 Å². The second-order valence-electron chi connectivity index (χ2n) is 10.9. The minimum atomic E-state index is -1.60. The lowest BCUT2D eigenvalue weighted by molar-refractivity contribution is -0.142. The Bertz CT molecular complexity index is 1130. The summed E-state index contributed by atoms with van der Waals surface area (Å²) in [6.07, 6.45) is 1.08. The number of amides is 6. The fourth-order valence-corrected chi connectivity index (χ4v) is 7.04.